The number of benzene rings is 2. The van der Waals surface area contributed by atoms with Crippen molar-refractivity contribution < 1.29 is 50.6 Å². The van der Waals surface area contributed by atoms with Crippen molar-refractivity contribution in [2.45, 2.75) is 24.9 Å². The first-order valence-corrected chi connectivity index (χ1v) is 12.6. The minimum Gasteiger partial charge on any atom is -0.432 e. The number of carbonyl (C=O) groups excluding carboxylic acids is 2. The maximum atomic E-state index is 13.4. The molecule has 1 aromatic heterocycles. The van der Waals surface area contributed by atoms with Gasteiger partial charge in [-0.2, -0.15) is 22.6 Å². The molecule has 0 radical (unpaired) electrons. The molecule has 1 heterocycles. The number of rotatable bonds is 10. The van der Waals surface area contributed by atoms with Crippen LogP contribution in [-0.2, 0) is 35.3 Å². The zero-order valence-electron chi connectivity index (χ0n) is 20.8. The minimum atomic E-state index is -4.74. The molecule has 0 unspecified atom stereocenters. The van der Waals surface area contributed by atoms with Crippen LogP contribution in [-0.4, -0.2) is 59.6 Å². The molecule has 0 aliphatic carbocycles. The average molecular weight is 587 g/mol. The summed E-state index contributed by atoms with van der Waals surface area (Å²) in [6.07, 6.45) is -6.16. The maximum Gasteiger partial charge on any atom is 0.510 e. The molecule has 0 atom stereocenters. The van der Waals surface area contributed by atoms with Crippen LogP contribution < -0.4 is 0 Å². The smallest absolute Gasteiger partial charge is 0.432 e. The summed E-state index contributed by atoms with van der Waals surface area (Å²) in [4.78, 5) is 37.2. The van der Waals surface area contributed by atoms with E-state index in [4.69, 9.17) is 0 Å². The van der Waals surface area contributed by atoms with Gasteiger partial charge >= 0.3 is 12.3 Å². The minimum absolute atomic E-state index is 0.0937. The Morgan fingerprint density at radius 1 is 1.05 bits per heavy atom. The molecule has 0 bridgehead atoms. The van der Waals surface area contributed by atoms with Gasteiger partial charge in [0.1, 0.15) is 13.2 Å². The highest BCUT2D eigenvalue weighted by molar-refractivity contribution is 7.89. The van der Waals surface area contributed by atoms with Crippen molar-refractivity contribution in [1.82, 2.24) is 14.1 Å². The topological polar surface area (TPSA) is 160 Å². The summed E-state index contributed by atoms with van der Waals surface area (Å²) >= 11 is 0. The van der Waals surface area contributed by atoms with Gasteiger partial charge in [-0.25, -0.2) is 17.9 Å². The van der Waals surface area contributed by atoms with E-state index >= 15 is 0 Å². The first kappa shape index (κ1) is 29.9. The number of ether oxygens (including phenoxy) is 2. The average Bonchev–Trinajstić information content (AvgIpc) is 3.33. The molecule has 214 valence electrons. The summed E-state index contributed by atoms with van der Waals surface area (Å²) in [5.74, 6) is -1.03. The Hall–Kier alpha value is -4.67. The van der Waals surface area contributed by atoms with E-state index in [1.165, 1.54) is 12.1 Å². The maximum absolute atomic E-state index is 13.4. The Kier molecular flexibility index (Phi) is 8.98. The monoisotopic (exact) mass is 586 g/mol. The number of hydrogen-bond acceptors (Lipinski definition) is 10. The molecular formula is C23H21F3N4O9S. The zero-order chi connectivity index (χ0) is 29.7. The number of nitrogens with zero attached hydrogens (tertiary/aromatic N) is 4. The lowest BCUT2D eigenvalue weighted by molar-refractivity contribution is -0.757. The van der Waals surface area contributed by atoms with Crippen molar-refractivity contribution in [1.29, 1.82) is 0 Å². The second kappa shape index (κ2) is 12.0. The lowest BCUT2D eigenvalue weighted by Gasteiger charge is -2.20. The lowest BCUT2D eigenvalue weighted by Crippen LogP contribution is -2.38. The fourth-order valence-electron chi connectivity index (χ4n) is 3.25. The molecule has 3 aromatic rings. The Labute approximate surface area is 224 Å². The van der Waals surface area contributed by atoms with Crippen LogP contribution in [0.25, 0.3) is 16.9 Å². The van der Waals surface area contributed by atoms with Crippen molar-refractivity contribution in [3.8, 4) is 16.9 Å². The number of carbonyl (C=O) groups is 2. The SMILES string of the molecule is CC(=O)N(COC(=O)OCCO[N+](=O)[O-])S(=O)(=O)c1ccc(-n2nc(C(F)(F)F)cc2-c2ccc(C)cc2)cc1. The fourth-order valence-corrected chi connectivity index (χ4v) is 4.52. The van der Waals surface area contributed by atoms with Gasteiger partial charge in [-0.05, 0) is 37.3 Å². The van der Waals surface area contributed by atoms with Crippen LogP contribution in [0.1, 0.15) is 18.2 Å². The van der Waals surface area contributed by atoms with Gasteiger partial charge in [-0.15, -0.1) is 10.1 Å². The molecule has 0 aliphatic heterocycles. The third kappa shape index (κ3) is 7.25. The molecule has 0 aliphatic rings. The molecule has 1 amide bonds. The highest BCUT2D eigenvalue weighted by atomic mass is 32.2. The predicted octanol–water partition coefficient (Wildman–Crippen LogP) is 3.72. The molecule has 0 saturated carbocycles. The van der Waals surface area contributed by atoms with Crippen molar-refractivity contribution in [3.05, 3.63) is 76.0 Å². The van der Waals surface area contributed by atoms with E-state index in [9.17, 15) is 41.3 Å². The zero-order valence-corrected chi connectivity index (χ0v) is 21.6. The molecule has 13 nitrogen and oxygen atoms in total. The lowest BCUT2D eigenvalue weighted by atomic mass is 10.1. The number of amides is 1. The van der Waals surface area contributed by atoms with E-state index in [1.807, 2.05) is 6.92 Å². The molecule has 0 N–H and O–H groups in total. The van der Waals surface area contributed by atoms with Crippen molar-refractivity contribution >= 4 is 22.1 Å². The number of alkyl halides is 3. The van der Waals surface area contributed by atoms with Crippen molar-refractivity contribution in [3.63, 3.8) is 0 Å². The number of sulfonamides is 1. The molecule has 0 spiro atoms. The highest BCUT2D eigenvalue weighted by Gasteiger charge is 2.35. The number of halogens is 3. The molecule has 0 saturated heterocycles. The van der Waals surface area contributed by atoms with Crippen LogP contribution in [0.15, 0.2) is 59.5 Å². The van der Waals surface area contributed by atoms with Crippen LogP contribution in [0.3, 0.4) is 0 Å². The van der Waals surface area contributed by atoms with E-state index in [0.29, 0.717) is 5.56 Å². The van der Waals surface area contributed by atoms with Crippen LogP contribution in [0.5, 0.6) is 0 Å². The van der Waals surface area contributed by atoms with E-state index in [1.54, 1.807) is 24.3 Å². The van der Waals surface area contributed by atoms with Gasteiger partial charge in [-0.1, -0.05) is 29.8 Å². The summed E-state index contributed by atoms with van der Waals surface area (Å²) in [7, 11) is -4.59. The molecule has 2 aromatic carbocycles. The fraction of sp³-hybridized carbons (Fsp3) is 0.261. The molecule has 0 fully saturated rings. The second-order valence-corrected chi connectivity index (χ2v) is 9.85. The summed E-state index contributed by atoms with van der Waals surface area (Å²) in [6, 6.07) is 12.0. The van der Waals surface area contributed by atoms with Crippen LogP contribution in [0.4, 0.5) is 18.0 Å². The molecule has 40 heavy (non-hydrogen) atoms. The Balaban J connectivity index is 1.84. The quantitative estimate of drug-likeness (QED) is 0.113. The van der Waals surface area contributed by atoms with E-state index < -0.39 is 63.9 Å². The van der Waals surface area contributed by atoms with Gasteiger partial charge < -0.3 is 14.3 Å². The number of aryl methyl sites for hydroxylation is 1. The van der Waals surface area contributed by atoms with E-state index in [-0.39, 0.29) is 15.7 Å². The summed E-state index contributed by atoms with van der Waals surface area (Å²) in [6.45, 7) is 0.438. The normalized spacial score (nSPS) is 11.5. The molecule has 17 heteroatoms. The van der Waals surface area contributed by atoms with Gasteiger partial charge in [0, 0.05) is 12.5 Å². The van der Waals surface area contributed by atoms with Gasteiger partial charge in [0.25, 0.3) is 15.1 Å². The standard InChI is InChI=1S/C23H21F3N4O9S/c1-15-3-5-17(6-4-15)20-13-21(23(24,25)26)27-29(20)18-7-9-19(10-8-18)40(35,36)28(16(2)31)14-38-22(32)37-11-12-39-30(33)34/h3-10,13H,11-12,14H2,1-2H3. The summed E-state index contributed by atoms with van der Waals surface area (Å²) < 4.78 is 76.7. The van der Waals surface area contributed by atoms with Crippen molar-refractivity contribution in [2.24, 2.45) is 0 Å². The third-order valence-electron chi connectivity index (χ3n) is 5.17. The Morgan fingerprint density at radius 3 is 2.23 bits per heavy atom. The molecule has 3 rings (SSSR count). The van der Waals surface area contributed by atoms with Gasteiger partial charge in [0.15, 0.2) is 12.4 Å². The van der Waals surface area contributed by atoms with Crippen molar-refractivity contribution in [2.75, 3.05) is 19.9 Å². The summed E-state index contributed by atoms with van der Waals surface area (Å²) in [5, 5.41) is 12.6. The van der Waals surface area contributed by atoms with Gasteiger partial charge in [0.05, 0.1) is 16.3 Å². The van der Waals surface area contributed by atoms with Crippen LogP contribution in [0, 0.1) is 17.0 Å². The summed E-state index contributed by atoms with van der Waals surface area (Å²) in [5.41, 5.74) is 0.357. The first-order chi connectivity index (χ1) is 18.7. The Bertz CT molecular complexity index is 1490. The number of hydrogen-bond donors (Lipinski definition) is 0. The van der Waals surface area contributed by atoms with Gasteiger partial charge in [0.2, 0.25) is 5.91 Å². The molecular weight excluding hydrogens is 565 g/mol. The second-order valence-electron chi connectivity index (χ2n) is 7.99. The highest BCUT2D eigenvalue weighted by Crippen LogP contribution is 2.33. The van der Waals surface area contributed by atoms with Gasteiger partial charge in [-0.3, -0.25) is 4.79 Å². The number of aromatic nitrogens is 2. The predicted molar refractivity (Wildman–Crippen MR) is 129 cm³/mol. The first-order valence-electron chi connectivity index (χ1n) is 11.1. The van der Waals surface area contributed by atoms with Crippen LogP contribution in [0.2, 0.25) is 0 Å². The Morgan fingerprint density at radius 2 is 1.68 bits per heavy atom. The largest absolute Gasteiger partial charge is 0.510 e. The van der Waals surface area contributed by atoms with Crippen LogP contribution >= 0.6 is 0 Å². The third-order valence-corrected chi connectivity index (χ3v) is 6.98. The van der Waals surface area contributed by atoms with E-state index in [2.05, 4.69) is 19.4 Å². The van der Waals surface area contributed by atoms with E-state index in [0.717, 1.165) is 35.4 Å².